The summed E-state index contributed by atoms with van der Waals surface area (Å²) < 4.78 is 1.74. The predicted octanol–water partition coefficient (Wildman–Crippen LogP) is 0.137. The molecule has 0 aliphatic heterocycles. The summed E-state index contributed by atoms with van der Waals surface area (Å²) >= 11 is 0. The van der Waals surface area contributed by atoms with Crippen molar-refractivity contribution in [3.63, 3.8) is 0 Å². The number of halogens is 1. The van der Waals surface area contributed by atoms with E-state index in [2.05, 4.69) is 29.1 Å². The van der Waals surface area contributed by atoms with Crippen LogP contribution in [0, 0.1) is 29.6 Å². The summed E-state index contributed by atoms with van der Waals surface area (Å²) in [5, 5.41) is 21.0. The lowest BCUT2D eigenvalue weighted by atomic mass is 10.1. The van der Waals surface area contributed by atoms with Crippen LogP contribution in [0.1, 0.15) is 22.3 Å². The van der Waals surface area contributed by atoms with E-state index >= 15 is 0 Å². The summed E-state index contributed by atoms with van der Waals surface area (Å²) in [5.41, 5.74) is 3.65. The molecule has 0 radical (unpaired) electrons. The Balaban J connectivity index is 0.000000254. The Hall–Kier alpha value is -3.09. The Morgan fingerprint density at radius 2 is 1.40 bits per heavy atom. The molecule has 0 N–H and O–H groups in total. The normalized spacial score (nSPS) is 8.88. The van der Waals surface area contributed by atoms with Gasteiger partial charge >= 0.3 is 0 Å². The average Bonchev–Trinajstić information content (AvgIpc) is 3.16. The van der Waals surface area contributed by atoms with Gasteiger partial charge in [-0.3, -0.25) is 0 Å². The summed E-state index contributed by atoms with van der Waals surface area (Å²) in [4.78, 5) is 3.85. The second-order valence-electron chi connectivity index (χ2n) is 4.96. The van der Waals surface area contributed by atoms with Gasteiger partial charge in [-0.1, -0.05) is 24.3 Å². The number of hydrogen-bond donors (Lipinski definition) is 0. The fourth-order valence-electron chi connectivity index (χ4n) is 1.93. The van der Waals surface area contributed by atoms with E-state index in [9.17, 15) is 0 Å². The van der Waals surface area contributed by atoms with Gasteiger partial charge in [0.2, 0.25) is 0 Å². The van der Waals surface area contributed by atoms with Gasteiger partial charge in [0, 0.05) is 0 Å². The Kier molecular flexibility index (Phi) is 8.49. The molecule has 25 heavy (non-hydrogen) atoms. The number of benzene rings is 2. The van der Waals surface area contributed by atoms with Gasteiger partial charge in [-0.05, 0) is 35.4 Å². The summed E-state index contributed by atoms with van der Waals surface area (Å²) in [7, 11) is 0. The molecule has 3 rings (SSSR count). The van der Waals surface area contributed by atoms with E-state index in [-0.39, 0.29) is 17.0 Å². The fourth-order valence-corrected chi connectivity index (χ4v) is 1.93. The van der Waals surface area contributed by atoms with Crippen molar-refractivity contribution in [2.75, 3.05) is 0 Å². The quantitative estimate of drug-likeness (QED) is 0.592. The van der Waals surface area contributed by atoms with E-state index in [1.165, 1.54) is 11.9 Å². The number of rotatable bonds is 3. The van der Waals surface area contributed by atoms with E-state index in [1.54, 1.807) is 35.3 Å². The lowest BCUT2D eigenvalue weighted by molar-refractivity contribution is -0.00000548. The average molecular weight is 394 g/mol. The molecule has 0 bridgehead atoms. The SMILES string of the molecule is N#Cc1ccc(Cn2cncn2)cc1.[Br-].[CH2+]Cc1ccc(C#N)cc1. The van der Waals surface area contributed by atoms with Crippen molar-refractivity contribution in [1.29, 1.82) is 10.5 Å². The lowest BCUT2D eigenvalue weighted by Crippen LogP contribution is -3.00. The standard InChI is InChI=1S/C10H8N4.C9H8N.BrH/c11-5-9-1-3-10(4-2-9)6-14-8-12-7-13-14;1-2-8-3-5-9(7-10)6-4-8;/h1-4,7-8H,6H2;3-6H,1-2H2;1H/q;+1;/p-1. The number of nitriles is 2. The Morgan fingerprint density at radius 1 is 0.880 bits per heavy atom. The molecular weight excluding hydrogens is 378 g/mol. The Morgan fingerprint density at radius 3 is 1.80 bits per heavy atom. The molecule has 0 aliphatic carbocycles. The van der Waals surface area contributed by atoms with E-state index in [1.807, 2.05) is 24.3 Å². The molecule has 0 unspecified atom stereocenters. The molecular formula is C19H16BrN5. The van der Waals surface area contributed by atoms with Crippen LogP contribution in [0.25, 0.3) is 0 Å². The maximum atomic E-state index is 8.61. The predicted molar refractivity (Wildman–Crippen MR) is 90.5 cm³/mol. The van der Waals surface area contributed by atoms with Crippen molar-refractivity contribution in [3.05, 3.63) is 90.4 Å². The molecule has 1 aromatic heterocycles. The molecule has 6 heteroatoms. The first kappa shape index (κ1) is 20.0. The molecule has 0 saturated carbocycles. The van der Waals surface area contributed by atoms with Crippen LogP contribution in [-0.2, 0) is 13.0 Å². The molecule has 5 nitrogen and oxygen atoms in total. The highest BCUT2D eigenvalue weighted by atomic mass is 79.9. The molecule has 0 saturated heterocycles. The van der Waals surface area contributed by atoms with Crippen LogP contribution in [0.2, 0.25) is 0 Å². The summed E-state index contributed by atoms with van der Waals surface area (Å²) in [6, 6.07) is 19.0. The Bertz CT molecular complexity index is 826. The highest BCUT2D eigenvalue weighted by Gasteiger charge is 1.95. The van der Waals surface area contributed by atoms with Gasteiger partial charge in [-0.25, -0.2) is 9.67 Å². The monoisotopic (exact) mass is 393 g/mol. The third kappa shape index (κ3) is 6.50. The van der Waals surface area contributed by atoms with Gasteiger partial charge in [-0.15, -0.1) is 0 Å². The highest BCUT2D eigenvalue weighted by molar-refractivity contribution is 5.32. The molecule has 2 aromatic carbocycles. The number of hydrogen-bond acceptors (Lipinski definition) is 4. The molecule has 0 spiro atoms. The largest absolute Gasteiger partial charge is 1.00 e. The smallest absolute Gasteiger partial charge is 0.137 e. The maximum Gasteiger partial charge on any atom is 0.137 e. The lowest BCUT2D eigenvalue weighted by Gasteiger charge is -2.00. The zero-order valence-electron chi connectivity index (χ0n) is 13.5. The second-order valence-corrected chi connectivity index (χ2v) is 4.96. The molecule has 124 valence electrons. The van der Waals surface area contributed by atoms with Crippen molar-refractivity contribution in [3.8, 4) is 12.1 Å². The molecule has 0 aliphatic rings. The van der Waals surface area contributed by atoms with Crippen LogP contribution >= 0.6 is 0 Å². The molecule has 0 atom stereocenters. The molecule has 1 heterocycles. The van der Waals surface area contributed by atoms with Gasteiger partial charge in [0.05, 0.1) is 36.7 Å². The van der Waals surface area contributed by atoms with Gasteiger partial charge in [-0.2, -0.15) is 15.6 Å². The van der Waals surface area contributed by atoms with E-state index in [0.717, 1.165) is 12.0 Å². The van der Waals surface area contributed by atoms with Crippen molar-refractivity contribution >= 4 is 0 Å². The minimum absolute atomic E-state index is 0. The zero-order valence-corrected chi connectivity index (χ0v) is 15.1. The van der Waals surface area contributed by atoms with E-state index < -0.39 is 0 Å². The molecule has 3 aromatic rings. The zero-order chi connectivity index (χ0) is 17.2. The first-order valence-corrected chi connectivity index (χ1v) is 7.35. The van der Waals surface area contributed by atoms with Gasteiger partial charge in [0.15, 0.2) is 0 Å². The summed E-state index contributed by atoms with van der Waals surface area (Å²) in [6.45, 7) is 4.41. The first-order chi connectivity index (χ1) is 11.7. The van der Waals surface area contributed by atoms with Crippen LogP contribution in [0.4, 0.5) is 0 Å². The van der Waals surface area contributed by atoms with Gasteiger partial charge in [0.1, 0.15) is 19.1 Å². The van der Waals surface area contributed by atoms with Crippen molar-refractivity contribution in [2.45, 2.75) is 13.0 Å². The summed E-state index contributed by atoms with van der Waals surface area (Å²) in [5.74, 6) is 0. The van der Waals surface area contributed by atoms with Crippen LogP contribution in [0.15, 0.2) is 61.2 Å². The fraction of sp³-hybridized carbons (Fsp3) is 0.105. The topological polar surface area (TPSA) is 78.3 Å². The Labute approximate surface area is 158 Å². The first-order valence-electron chi connectivity index (χ1n) is 7.35. The number of aromatic nitrogens is 3. The van der Waals surface area contributed by atoms with E-state index in [0.29, 0.717) is 17.7 Å². The van der Waals surface area contributed by atoms with Crippen LogP contribution in [-0.4, -0.2) is 14.8 Å². The third-order valence-corrected chi connectivity index (χ3v) is 3.27. The molecule has 0 fully saturated rings. The highest BCUT2D eigenvalue weighted by Crippen LogP contribution is 2.04. The third-order valence-electron chi connectivity index (χ3n) is 3.27. The van der Waals surface area contributed by atoms with Crippen LogP contribution in [0.5, 0.6) is 0 Å². The maximum absolute atomic E-state index is 8.61. The number of nitrogens with zero attached hydrogens (tertiary/aromatic N) is 5. The summed E-state index contributed by atoms with van der Waals surface area (Å²) in [6.07, 6.45) is 3.95. The van der Waals surface area contributed by atoms with Crippen molar-refractivity contribution in [1.82, 2.24) is 14.8 Å². The van der Waals surface area contributed by atoms with Gasteiger partial charge < -0.3 is 17.0 Å². The van der Waals surface area contributed by atoms with Crippen LogP contribution in [0.3, 0.4) is 0 Å². The second kappa shape index (κ2) is 10.6. The van der Waals surface area contributed by atoms with Crippen LogP contribution < -0.4 is 17.0 Å². The minimum atomic E-state index is 0. The molecule has 0 amide bonds. The minimum Gasteiger partial charge on any atom is -1.00 e. The van der Waals surface area contributed by atoms with E-state index in [4.69, 9.17) is 10.5 Å². The van der Waals surface area contributed by atoms with Gasteiger partial charge in [0.25, 0.3) is 0 Å². The van der Waals surface area contributed by atoms with Crippen molar-refractivity contribution < 1.29 is 17.0 Å². The van der Waals surface area contributed by atoms with Crippen molar-refractivity contribution in [2.24, 2.45) is 0 Å².